The lowest BCUT2D eigenvalue weighted by atomic mass is 10.2. The maximum Gasteiger partial charge on any atom is 0.233 e. The maximum absolute atomic E-state index is 11.8. The Balaban J connectivity index is 2.16. The Bertz CT molecular complexity index is 407. The van der Waals surface area contributed by atoms with Gasteiger partial charge in [-0.15, -0.1) is 23.1 Å². The molecule has 17 heavy (non-hydrogen) atoms. The second kappa shape index (κ2) is 5.39. The number of thioether (sulfide) groups is 1. The summed E-state index contributed by atoms with van der Waals surface area (Å²) < 4.78 is 0. The third-order valence-corrected chi connectivity index (χ3v) is 5.15. The van der Waals surface area contributed by atoms with E-state index in [1.54, 1.807) is 28.0 Å². The molecule has 0 aliphatic carbocycles. The van der Waals surface area contributed by atoms with Gasteiger partial charge in [0.05, 0.1) is 25.0 Å². The van der Waals surface area contributed by atoms with Gasteiger partial charge in [-0.2, -0.15) is 0 Å². The monoisotopic (exact) mass is 273 g/mol. The standard InChI is InChI=1S/C11H15NO3S2/c1-7-2-3-16-10(7)11-12(4-8(14)5-13)9(15)6-17-11/h2-3,8,11,13-14H,4-6H2,1H3/t8-,11?/m0/s1. The zero-order chi connectivity index (χ0) is 12.4. The first kappa shape index (κ1) is 12.9. The molecule has 0 saturated carbocycles. The average molecular weight is 273 g/mol. The molecule has 1 unspecified atom stereocenters. The molecular weight excluding hydrogens is 258 g/mol. The van der Waals surface area contributed by atoms with E-state index < -0.39 is 6.10 Å². The number of hydrogen-bond acceptors (Lipinski definition) is 5. The molecule has 1 fully saturated rings. The van der Waals surface area contributed by atoms with Crippen molar-refractivity contribution in [3.63, 3.8) is 0 Å². The Morgan fingerprint density at radius 3 is 3.00 bits per heavy atom. The van der Waals surface area contributed by atoms with Crippen molar-refractivity contribution in [3.05, 3.63) is 21.9 Å². The number of thiophene rings is 1. The molecule has 1 amide bonds. The van der Waals surface area contributed by atoms with Gasteiger partial charge < -0.3 is 15.1 Å². The van der Waals surface area contributed by atoms with Crippen LogP contribution in [0, 0.1) is 6.92 Å². The molecule has 2 atom stereocenters. The predicted molar refractivity (Wildman–Crippen MR) is 69.1 cm³/mol. The average Bonchev–Trinajstić information content (AvgIpc) is 2.87. The highest BCUT2D eigenvalue weighted by molar-refractivity contribution is 8.00. The van der Waals surface area contributed by atoms with Crippen LogP contribution >= 0.6 is 23.1 Å². The van der Waals surface area contributed by atoms with Crippen molar-refractivity contribution in [2.75, 3.05) is 18.9 Å². The fourth-order valence-electron chi connectivity index (χ4n) is 1.79. The minimum atomic E-state index is -0.861. The van der Waals surface area contributed by atoms with Gasteiger partial charge in [0.2, 0.25) is 5.91 Å². The molecule has 1 saturated heterocycles. The van der Waals surface area contributed by atoms with Crippen LogP contribution in [0.15, 0.2) is 11.4 Å². The van der Waals surface area contributed by atoms with Crippen LogP contribution in [0.5, 0.6) is 0 Å². The number of β-amino-alcohol motifs (C(OH)–C–C–N with tert-alkyl or cyclic N) is 1. The lowest BCUT2D eigenvalue weighted by molar-refractivity contribution is -0.129. The number of carbonyl (C=O) groups excluding carboxylic acids is 1. The Kier molecular flexibility index (Phi) is 4.09. The third-order valence-electron chi connectivity index (χ3n) is 2.71. The van der Waals surface area contributed by atoms with E-state index in [9.17, 15) is 9.90 Å². The van der Waals surface area contributed by atoms with Gasteiger partial charge in [0.25, 0.3) is 0 Å². The summed E-state index contributed by atoms with van der Waals surface area (Å²) in [6.07, 6.45) is -0.861. The number of amides is 1. The summed E-state index contributed by atoms with van der Waals surface area (Å²) in [6.45, 7) is 1.91. The largest absolute Gasteiger partial charge is 0.394 e. The van der Waals surface area contributed by atoms with Gasteiger partial charge in [-0.05, 0) is 23.9 Å². The van der Waals surface area contributed by atoms with Crippen LogP contribution in [-0.4, -0.2) is 46.0 Å². The Labute approximate surface area is 108 Å². The van der Waals surface area contributed by atoms with Gasteiger partial charge in [-0.3, -0.25) is 4.79 Å². The van der Waals surface area contributed by atoms with Gasteiger partial charge in [0, 0.05) is 4.88 Å². The van der Waals surface area contributed by atoms with E-state index >= 15 is 0 Å². The quantitative estimate of drug-likeness (QED) is 0.858. The van der Waals surface area contributed by atoms with Gasteiger partial charge in [0.15, 0.2) is 0 Å². The van der Waals surface area contributed by atoms with E-state index in [4.69, 9.17) is 5.11 Å². The molecular formula is C11H15NO3S2. The van der Waals surface area contributed by atoms with Crippen LogP contribution in [0.25, 0.3) is 0 Å². The Morgan fingerprint density at radius 1 is 1.65 bits per heavy atom. The van der Waals surface area contributed by atoms with Gasteiger partial charge >= 0.3 is 0 Å². The zero-order valence-corrected chi connectivity index (χ0v) is 11.1. The number of aryl methyl sites for hydroxylation is 1. The molecule has 1 aromatic heterocycles. The molecule has 0 radical (unpaired) electrons. The second-order valence-electron chi connectivity index (χ2n) is 4.01. The summed E-state index contributed by atoms with van der Waals surface area (Å²) in [7, 11) is 0. The Hall–Kier alpha value is -0.560. The number of nitrogens with zero attached hydrogens (tertiary/aromatic N) is 1. The lowest BCUT2D eigenvalue weighted by Gasteiger charge is -2.25. The van der Waals surface area contributed by atoms with E-state index in [0.717, 1.165) is 4.88 Å². The first-order chi connectivity index (χ1) is 8.13. The number of rotatable bonds is 4. The number of carbonyl (C=O) groups is 1. The van der Waals surface area contributed by atoms with Crippen LogP contribution in [-0.2, 0) is 4.79 Å². The van der Waals surface area contributed by atoms with Crippen LogP contribution in [0.4, 0.5) is 0 Å². The smallest absolute Gasteiger partial charge is 0.233 e. The summed E-state index contributed by atoms with van der Waals surface area (Å²) in [6, 6.07) is 2.03. The summed E-state index contributed by atoms with van der Waals surface area (Å²) in [5.74, 6) is 0.473. The lowest BCUT2D eigenvalue weighted by Crippen LogP contribution is -2.36. The maximum atomic E-state index is 11.8. The van der Waals surface area contributed by atoms with Crippen molar-refractivity contribution in [2.24, 2.45) is 0 Å². The van der Waals surface area contributed by atoms with Gasteiger partial charge in [-0.1, -0.05) is 0 Å². The van der Waals surface area contributed by atoms with Crippen molar-refractivity contribution in [1.29, 1.82) is 0 Å². The van der Waals surface area contributed by atoms with Gasteiger partial charge in [0.1, 0.15) is 5.37 Å². The fourth-order valence-corrected chi connectivity index (χ4v) is 4.27. The highest BCUT2D eigenvalue weighted by Gasteiger charge is 2.35. The zero-order valence-electron chi connectivity index (χ0n) is 9.50. The van der Waals surface area contributed by atoms with Crippen LogP contribution < -0.4 is 0 Å². The van der Waals surface area contributed by atoms with Crippen molar-refractivity contribution in [3.8, 4) is 0 Å². The van der Waals surface area contributed by atoms with Crippen molar-refractivity contribution in [1.82, 2.24) is 4.90 Å². The summed E-state index contributed by atoms with van der Waals surface area (Å²) in [5.41, 5.74) is 1.17. The number of aliphatic hydroxyl groups is 2. The molecule has 0 bridgehead atoms. The minimum Gasteiger partial charge on any atom is -0.394 e. The Morgan fingerprint density at radius 2 is 2.41 bits per heavy atom. The molecule has 1 aliphatic rings. The molecule has 1 aliphatic heterocycles. The van der Waals surface area contributed by atoms with Crippen LogP contribution in [0.2, 0.25) is 0 Å². The SMILES string of the molecule is Cc1ccsc1C1SCC(=O)N1C[C@H](O)CO. The van der Waals surface area contributed by atoms with Gasteiger partial charge in [-0.25, -0.2) is 0 Å². The molecule has 6 heteroatoms. The molecule has 2 rings (SSSR count). The van der Waals surface area contributed by atoms with Crippen molar-refractivity contribution >= 4 is 29.0 Å². The minimum absolute atomic E-state index is 0.0105. The van der Waals surface area contributed by atoms with E-state index in [-0.39, 0.29) is 24.4 Å². The fraction of sp³-hybridized carbons (Fsp3) is 0.545. The summed E-state index contributed by atoms with van der Waals surface area (Å²) in [4.78, 5) is 14.6. The highest BCUT2D eigenvalue weighted by Crippen LogP contribution is 2.42. The van der Waals surface area contributed by atoms with Crippen LogP contribution in [0.3, 0.4) is 0 Å². The first-order valence-electron chi connectivity index (χ1n) is 5.37. The van der Waals surface area contributed by atoms with E-state index in [1.807, 2.05) is 18.4 Å². The molecule has 0 spiro atoms. The number of hydrogen-bond donors (Lipinski definition) is 2. The molecule has 94 valence electrons. The topological polar surface area (TPSA) is 60.8 Å². The van der Waals surface area contributed by atoms with E-state index in [1.165, 1.54) is 5.56 Å². The summed E-state index contributed by atoms with van der Waals surface area (Å²) >= 11 is 3.21. The molecule has 4 nitrogen and oxygen atoms in total. The third kappa shape index (κ3) is 2.65. The predicted octanol–water partition coefficient (Wildman–Crippen LogP) is 0.984. The normalized spacial score (nSPS) is 22.2. The van der Waals surface area contributed by atoms with Crippen molar-refractivity contribution in [2.45, 2.75) is 18.4 Å². The number of aliphatic hydroxyl groups excluding tert-OH is 2. The van der Waals surface area contributed by atoms with Crippen LogP contribution in [0.1, 0.15) is 15.8 Å². The molecule has 0 aromatic carbocycles. The van der Waals surface area contributed by atoms with E-state index in [2.05, 4.69) is 0 Å². The molecule has 2 heterocycles. The summed E-state index contributed by atoms with van der Waals surface area (Å²) in [5, 5.41) is 20.3. The van der Waals surface area contributed by atoms with Crippen molar-refractivity contribution < 1.29 is 15.0 Å². The second-order valence-corrected chi connectivity index (χ2v) is 6.03. The highest BCUT2D eigenvalue weighted by atomic mass is 32.2. The molecule has 2 N–H and O–H groups in total. The van der Waals surface area contributed by atoms with E-state index in [0.29, 0.717) is 5.75 Å². The molecule has 1 aromatic rings. The first-order valence-corrected chi connectivity index (χ1v) is 7.30.